The second-order valence-corrected chi connectivity index (χ2v) is 5.29. The zero-order valence-corrected chi connectivity index (χ0v) is 11.8. The van der Waals surface area contributed by atoms with Crippen molar-refractivity contribution in [1.29, 1.82) is 0 Å². The van der Waals surface area contributed by atoms with Crippen LogP contribution in [0.25, 0.3) is 0 Å². The van der Waals surface area contributed by atoms with E-state index >= 15 is 0 Å². The number of hydrogen-bond donors (Lipinski definition) is 1. The summed E-state index contributed by atoms with van der Waals surface area (Å²) in [5.74, 6) is -0.492. The van der Waals surface area contributed by atoms with Crippen LogP contribution in [0.5, 0.6) is 0 Å². The van der Waals surface area contributed by atoms with E-state index in [2.05, 4.69) is 4.90 Å². The van der Waals surface area contributed by atoms with Crippen LogP contribution >= 0.6 is 0 Å². The van der Waals surface area contributed by atoms with E-state index in [0.29, 0.717) is 45.1 Å². The molecule has 0 aromatic carbocycles. The third-order valence-electron chi connectivity index (χ3n) is 3.10. The van der Waals surface area contributed by atoms with Crippen LogP contribution in [0.4, 0.5) is 0 Å². The fourth-order valence-electron chi connectivity index (χ4n) is 2.28. The van der Waals surface area contributed by atoms with E-state index in [1.54, 1.807) is 0 Å². The topological polar surface area (TPSA) is 70.1 Å². The third-order valence-corrected chi connectivity index (χ3v) is 3.10. The van der Waals surface area contributed by atoms with Gasteiger partial charge in [-0.25, -0.2) is 0 Å². The van der Waals surface area contributed by atoms with E-state index in [0.717, 1.165) is 6.54 Å². The van der Waals surface area contributed by atoms with E-state index in [1.165, 1.54) is 0 Å². The summed E-state index contributed by atoms with van der Waals surface area (Å²) >= 11 is 0. The molecule has 0 radical (unpaired) electrons. The quantitative estimate of drug-likeness (QED) is 0.752. The molecule has 0 aliphatic carbocycles. The second kappa shape index (κ2) is 8.12. The van der Waals surface area contributed by atoms with Gasteiger partial charge in [0, 0.05) is 38.4 Å². The van der Waals surface area contributed by atoms with Gasteiger partial charge >= 0.3 is 5.97 Å². The van der Waals surface area contributed by atoms with Gasteiger partial charge in [0.05, 0.1) is 13.2 Å². The number of ether oxygens (including phenoxy) is 1. The summed E-state index contributed by atoms with van der Waals surface area (Å²) in [6.07, 6.45) is 0.766. The number of amides is 1. The molecule has 1 aliphatic heterocycles. The van der Waals surface area contributed by atoms with Crippen LogP contribution in [0.15, 0.2) is 0 Å². The molecule has 1 unspecified atom stereocenters. The van der Waals surface area contributed by atoms with Crippen molar-refractivity contribution in [3.05, 3.63) is 0 Å². The highest BCUT2D eigenvalue weighted by atomic mass is 16.5. The molecular weight excluding hydrogens is 248 g/mol. The van der Waals surface area contributed by atoms with Gasteiger partial charge in [-0.05, 0) is 20.5 Å². The summed E-state index contributed by atoms with van der Waals surface area (Å²) in [4.78, 5) is 26.4. The Morgan fingerprint density at radius 1 is 1.37 bits per heavy atom. The number of hydrogen-bond acceptors (Lipinski definition) is 4. The van der Waals surface area contributed by atoms with E-state index in [1.807, 2.05) is 19.0 Å². The average Bonchev–Trinajstić information content (AvgIpc) is 2.53. The van der Waals surface area contributed by atoms with Crippen LogP contribution in [-0.2, 0) is 14.3 Å². The number of carboxylic acids is 1. The zero-order chi connectivity index (χ0) is 14.3. The molecule has 6 nitrogen and oxygen atoms in total. The minimum atomic E-state index is -0.850. The highest BCUT2D eigenvalue weighted by molar-refractivity contribution is 5.77. The van der Waals surface area contributed by atoms with E-state index in [-0.39, 0.29) is 12.3 Å². The van der Waals surface area contributed by atoms with Crippen LogP contribution in [-0.4, -0.2) is 73.7 Å². The van der Waals surface area contributed by atoms with Gasteiger partial charge in [0.2, 0.25) is 5.91 Å². The molecule has 6 heteroatoms. The molecular formula is C13H24N2O4. The second-order valence-electron chi connectivity index (χ2n) is 5.29. The molecule has 0 aromatic heterocycles. The number of rotatable bonds is 6. The Labute approximate surface area is 114 Å². The van der Waals surface area contributed by atoms with Crippen LogP contribution in [0.2, 0.25) is 0 Å². The summed E-state index contributed by atoms with van der Waals surface area (Å²) in [5.41, 5.74) is 0. The predicted molar refractivity (Wildman–Crippen MR) is 70.9 cm³/mol. The smallest absolute Gasteiger partial charge is 0.303 e. The molecule has 0 spiro atoms. The van der Waals surface area contributed by atoms with Crippen LogP contribution in [0, 0.1) is 5.92 Å². The van der Waals surface area contributed by atoms with E-state index in [9.17, 15) is 9.59 Å². The van der Waals surface area contributed by atoms with Gasteiger partial charge in [-0.15, -0.1) is 0 Å². The number of aliphatic carboxylic acids is 1. The summed E-state index contributed by atoms with van der Waals surface area (Å²) in [6, 6.07) is 0. The van der Waals surface area contributed by atoms with Crippen molar-refractivity contribution in [3.63, 3.8) is 0 Å². The first kappa shape index (κ1) is 15.9. The Bertz CT molecular complexity index is 307. The van der Waals surface area contributed by atoms with Crippen molar-refractivity contribution in [1.82, 2.24) is 9.80 Å². The monoisotopic (exact) mass is 272 g/mol. The molecule has 0 bridgehead atoms. The van der Waals surface area contributed by atoms with Crippen LogP contribution in [0.1, 0.15) is 19.3 Å². The standard InChI is InChI=1S/C13H24N2O4/c1-14(2)8-11-9-15(6-7-19-10-11)12(16)4-3-5-13(17)18/h11H,3-10H2,1-2H3,(H,17,18). The van der Waals surface area contributed by atoms with Crippen molar-refractivity contribution < 1.29 is 19.4 Å². The zero-order valence-electron chi connectivity index (χ0n) is 11.8. The van der Waals surface area contributed by atoms with E-state index < -0.39 is 5.97 Å². The largest absolute Gasteiger partial charge is 0.481 e. The Hall–Kier alpha value is -1.14. The van der Waals surface area contributed by atoms with Gasteiger partial charge < -0.3 is 19.6 Å². The summed E-state index contributed by atoms with van der Waals surface area (Å²) in [7, 11) is 4.01. The Balaban J connectivity index is 2.41. The highest BCUT2D eigenvalue weighted by Crippen LogP contribution is 2.10. The molecule has 1 amide bonds. The van der Waals surface area contributed by atoms with Crippen molar-refractivity contribution in [3.8, 4) is 0 Å². The number of carboxylic acid groups (broad SMARTS) is 1. The van der Waals surface area contributed by atoms with Crippen LogP contribution in [0.3, 0.4) is 0 Å². The molecule has 1 N–H and O–H groups in total. The lowest BCUT2D eigenvalue weighted by Gasteiger charge is -2.25. The van der Waals surface area contributed by atoms with Gasteiger partial charge in [0.1, 0.15) is 0 Å². The summed E-state index contributed by atoms with van der Waals surface area (Å²) in [6.45, 7) is 3.44. The molecule has 1 atom stereocenters. The molecule has 1 heterocycles. The first-order chi connectivity index (χ1) is 8.99. The van der Waals surface area contributed by atoms with Crippen molar-refractivity contribution >= 4 is 11.9 Å². The third kappa shape index (κ3) is 6.54. The Morgan fingerprint density at radius 3 is 2.74 bits per heavy atom. The van der Waals surface area contributed by atoms with Crippen molar-refractivity contribution in [2.24, 2.45) is 5.92 Å². The number of nitrogens with zero attached hydrogens (tertiary/aromatic N) is 2. The minimum absolute atomic E-state index is 0.0375. The van der Waals surface area contributed by atoms with Crippen molar-refractivity contribution in [2.75, 3.05) is 46.9 Å². The summed E-state index contributed by atoms with van der Waals surface area (Å²) < 4.78 is 5.52. The maximum absolute atomic E-state index is 12.0. The Morgan fingerprint density at radius 2 is 2.11 bits per heavy atom. The Kier molecular flexibility index (Phi) is 6.80. The van der Waals surface area contributed by atoms with Gasteiger partial charge in [0.15, 0.2) is 0 Å². The molecule has 0 aromatic rings. The van der Waals surface area contributed by atoms with Crippen molar-refractivity contribution in [2.45, 2.75) is 19.3 Å². The minimum Gasteiger partial charge on any atom is -0.481 e. The molecule has 1 saturated heterocycles. The lowest BCUT2D eigenvalue weighted by atomic mass is 10.1. The maximum atomic E-state index is 12.0. The fourth-order valence-corrected chi connectivity index (χ4v) is 2.28. The number of carbonyl (C=O) groups excluding carboxylic acids is 1. The van der Waals surface area contributed by atoms with Gasteiger partial charge in [-0.2, -0.15) is 0 Å². The lowest BCUT2D eigenvalue weighted by molar-refractivity contribution is -0.137. The molecule has 0 saturated carbocycles. The molecule has 19 heavy (non-hydrogen) atoms. The molecule has 110 valence electrons. The van der Waals surface area contributed by atoms with Gasteiger partial charge in [0.25, 0.3) is 0 Å². The fraction of sp³-hybridized carbons (Fsp3) is 0.846. The molecule has 1 fully saturated rings. The SMILES string of the molecule is CN(C)CC1COCCN(C(=O)CCCC(=O)O)C1. The van der Waals surface area contributed by atoms with E-state index in [4.69, 9.17) is 9.84 Å². The van der Waals surface area contributed by atoms with Crippen LogP contribution < -0.4 is 0 Å². The van der Waals surface area contributed by atoms with Gasteiger partial charge in [-0.3, -0.25) is 9.59 Å². The first-order valence-corrected chi connectivity index (χ1v) is 6.71. The molecule has 1 aliphatic rings. The first-order valence-electron chi connectivity index (χ1n) is 6.71. The maximum Gasteiger partial charge on any atom is 0.303 e. The molecule has 1 rings (SSSR count). The lowest BCUT2D eigenvalue weighted by Crippen LogP contribution is -2.38. The average molecular weight is 272 g/mol. The number of carbonyl (C=O) groups is 2. The summed E-state index contributed by atoms with van der Waals surface area (Å²) in [5, 5.41) is 8.57. The predicted octanol–water partition coefficient (Wildman–Crippen LogP) is 0.278. The normalized spacial score (nSPS) is 20.4. The highest BCUT2D eigenvalue weighted by Gasteiger charge is 2.22. The van der Waals surface area contributed by atoms with Gasteiger partial charge in [-0.1, -0.05) is 0 Å².